The lowest BCUT2D eigenvalue weighted by atomic mass is 10.0. The van der Waals surface area contributed by atoms with Crippen molar-refractivity contribution in [1.82, 2.24) is 0 Å². The molecule has 1 aromatic carbocycles. The minimum Gasteiger partial charge on any atom is -0.508 e. The predicted octanol–water partition coefficient (Wildman–Crippen LogP) is 1.38. The number of carbonyl (C=O) groups excluding carboxylic acids is 1. The first-order chi connectivity index (χ1) is 6.63. The topological polar surface area (TPSA) is 57.5 Å². The van der Waals surface area contributed by atoms with Crippen LogP contribution in [0.4, 0.5) is 0 Å². The molecule has 0 heterocycles. The molecule has 0 saturated heterocycles. The van der Waals surface area contributed by atoms with Crippen molar-refractivity contribution in [3.05, 3.63) is 22.8 Å². The summed E-state index contributed by atoms with van der Waals surface area (Å²) in [5, 5.41) is 19.2. The molecule has 1 aromatic rings. The van der Waals surface area contributed by atoms with Crippen molar-refractivity contribution in [2.45, 2.75) is 19.8 Å². The number of aromatic hydroxyl groups is 2. The van der Waals surface area contributed by atoms with Crippen LogP contribution in [0.5, 0.6) is 11.5 Å². The van der Waals surface area contributed by atoms with E-state index in [1.54, 1.807) is 13.0 Å². The molecule has 0 spiro atoms. The van der Waals surface area contributed by atoms with E-state index in [1.807, 2.05) is 0 Å². The van der Waals surface area contributed by atoms with Gasteiger partial charge in [-0.3, -0.25) is 0 Å². The molecule has 14 heavy (non-hydrogen) atoms. The quantitative estimate of drug-likeness (QED) is 0.570. The first-order valence-corrected chi connectivity index (χ1v) is 4.64. The molecule has 3 nitrogen and oxygen atoms in total. The number of rotatable bonds is 3. The third-order valence-electron chi connectivity index (χ3n) is 2.58. The van der Waals surface area contributed by atoms with Crippen molar-refractivity contribution in [2.24, 2.45) is 5.92 Å². The number of benzene rings is 1. The molecule has 1 unspecified atom stereocenters. The summed E-state index contributed by atoms with van der Waals surface area (Å²) in [7, 11) is 0. The molecule has 0 amide bonds. The van der Waals surface area contributed by atoms with E-state index in [-0.39, 0.29) is 17.4 Å². The van der Waals surface area contributed by atoms with Gasteiger partial charge in [0.15, 0.2) is 0 Å². The second-order valence-electron chi connectivity index (χ2n) is 3.85. The van der Waals surface area contributed by atoms with Gasteiger partial charge in [-0.2, -0.15) is 0 Å². The highest BCUT2D eigenvalue weighted by atomic mass is 16.3. The van der Waals surface area contributed by atoms with Gasteiger partial charge in [0.1, 0.15) is 17.8 Å². The van der Waals surface area contributed by atoms with E-state index in [2.05, 4.69) is 0 Å². The molecule has 1 aliphatic carbocycles. The van der Waals surface area contributed by atoms with Crippen molar-refractivity contribution < 1.29 is 15.0 Å². The first kappa shape index (κ1) is 9.06. The van der Waals surface area contributed by atoms with Crippen LogP contribution >= 0.6 is 0 Å². The molecule has 1 aliphatic rings. The second kappa shape index (κ2) is 3.01. The van der Waals surface area contributed by atoms with Gasteiger partial charge in [0.25, 0.3) is 0 Å². The minimum atomic E-state index is -0.128. The van der Waals surface area contributed by atoms with Crippen molar-refractivity contribution in [3.63, 3.8) is 0 Å². The third-order valence-corrected chi connectivity index (χ3v) is 2.58. The summed E-state index contributed by atoms with van der Waals surface area (Å²) in [6, 6.07) is 1.56. The van der Waals surface area contributed by atoms with E-state index in [0.717, 1.165) is 17.4 Å². The predicted molar refractivity (Wildman–Crippen MR) is 51.5 cm³/mol. The van der Waals surface area contributed by atoms with Gasteiger partial charge >= 0.3 is 0 Å². The molecular weight excluding hydrogens is 180 g/mol. The Hall–Kier alpha value is -1.51. The smallest absolute Gasteiger partial charge is 0.123 e. The monoisotopic (exact) mass is 192 g/mol. The highest BCUT2D eigenvalue weighted by Crippen LogP contribution is 2.45. The van der Waals surface area contributed by atoms with Crippen LogP contribution in [0.25, 0.3) is 0 Å². The molecule has 3 heteroatoms. The SMILES string of the molecule is CC(C=O)Cc1cc(O)c2c(c1O)C2. The zero-order valence-corrected chi connectivity index (χ0v) is 7.95. The Morgan fingerprint density at radius 2 is 2.21 bits per heavy atom. The number of carbonyl (C=O) groups is 1. The van der Waals surface area contributed by atoms with Gasteiger partial charge in [0, 0.05) is 23.5 Å². The summed E-state index contributed by atoms with van der Waals surface area (Å²) in [4.78, 5) is 10.5. The fourth-order valence-electron chi connectivity index (χ4n) is 1.67. The Bertz CT molecular complexity index is 396. The van der Waals surface area contributed by atoms with Crippen LogP contribution in [0.2, 0.25) is 0 Å². The maximum Gasteiger partial charge on any atom is 0.123 e. The van der Waals surface area contributed by atoms with Crippen LogP contribution in [0.3, 0.4) is 0 Å². The Balaban J connectivity index is 2.31. The van der Waals surface area contributed by atoms with Crippen LogP contribution in [-0.2, 0) is 17.6 Å². The Labute approximate surface area is 82.0 Å². The van der Waals surface area contributed by atoms with Crippen molar-refractivity contribution in [1.29, 1.82) is 0 Å². The largest absolute Gasteiger partial charge is 0.508 e. The molecular formula is C11H12O3. The summed E-state index contributed by atoms with van der Waals surface area (Å²) in [5.74, 6) is 0.370. The lowest BCUT2D eigenvalue weighted by Crippen LogP contribution is -2.00. The van der Waals surface area contributed by atoms with E-state index >= 15 is 0 Å². The second-order valence-corrected chi connectivity index (χ2v) is 3.85. The maximum atomic E-state index is 10.5. The van der Waals surface area contributed by atoms with E-state index in [1.165, 1.54) is 0 Å². The first-order valence-electron chi connectivity index (χ1n) is 4.64. The standard InChI is InChI=1S/C11H12O3/c1-6(5-12)2-7-3-10(13)8-4-9(8)11(7)14/h3,5-6,13-14H,2,4H2,1H3. The lowest BCUT2D eigenvalue weighted by Gasteiger charge is -2.06. The van der Waals surface area contributed by atoms with E-state index in [0.29, 0.717) is 18.4 Å². The van der Waals surface area contributed by atoms with Gasteiger partial charge in [-0.15, -0.1) is 0 Å². The van der Waals surface area contributed by atoms with Gasteiger partial charge in [0.05, 0.1) is 0 Å². The summed E-state index contributed by atoms with van der Waals surface area (Å²) < 4.78 is 0. The molecule has 74 valence electrons. The normalized spacial score (nSPS) is 14.6. The summed E-state index contributed by atoms with van der Waals surface area (Å²) in [6.45, 7) is 1.79. The molecule has 2 N–H and O–H groups in total. The Morgan fingerprint density at radius 1 is 1.50 bits per heavy atom. The Kier molecular flexibility index (Phi) is 1.95. The van der Waals surface area contributed by atoms with Crippen molar-refractivity contribution in [3.8, 4) is 11.5 Å². The number of hydrogen-bond acceptors (Lipinski definition) is 3. The number of fused-ring (bicyclic) bond motifs is 1. The van der Waals surface area contributed by atoms with Gasteiger partial charge in [0.2, 0.25) is 0 Å². The summed E-state index contributed by atoms with van der Waals surface area (Å²) in [6.07, 6.45) is 2.01. The molecule has 0 fully saturated rings. The molecule has 0 bridgehead atoms. The third kappa shape index (κ3) is 1.35. The minimum absolute atomic E-state index is 0.128. The molecule has 2 rings (SSSR count). The lowest BCUT2D eigenvalue weighted by molar-refractivity contribution is -0.110. The Morgan fingerprint density at radius 3 is 2.86 bits per heavy atom. The average Bonchev–Trinajstić information content (AvgIpc) is 2.93. The molecule has 0 aliphatic heterocycles. The van der Waals surface area contributed by atoms with Crippen LogP contribution in [0.15, 0.2) is 6.07 Å². The van der Waals surface area contributed by atoms with Gasteiger partial charge < -0.3 is 15.0 Å². The summed E-state index contributed by atoms with van der Waals surface area (Å²) >= 11 is 0. The number of phenolic OH excluding ortho intramolecular Hbond substituents is 2. The zero-order chi connectivity index (χ0) is 10.3. The highest BCUT2D eigenvalue weighted by molar-refractivity contribution is 5.64. The van der Waals surface area contributed by atoms with E-state index in [4.69, 9.17) is 0 Å². The number of aldehydes is 1. The fraction of sp³-hybridized carbons (Fsp3) is 0.364. The van der Waals surface area contributed by atoms with Crippen molar-refractivity contribution in [2.75, 3.05) is 0 Å². The molecule has 0 radical (unpaired) electrons. The van der Waals surface area contributed by atoms with Crippen LogP contribution < -0.4 is 0 Å². The maximum absolute atomic E-state index is 10.5. The highest BCUT2D eigenvalue weighted by Gasteiger charge is 2.28. The fourth-order valence-corrected chi connectivity index (χ4v) is 1.67. The van der Waals surface area contributed by atoms with Crippen LogP contribution in [0, 0.1) is 5.92 Å². The van der Waals surface area contributed by atoms with E-state index in [9.17, 15) is 15.0 Å². The van der Waals surface area contributed by atoms with Crippen LogP contribution in [-0.4, -0.2) is 16.5 Å². The van der Waals surface area contributed by atoms with Crippen molar-refractivity contribution >= 4 is 6.29 Å². The average molecular weight is 192 g/mol. The van der Waals surface area contributed by atoms with Gasteiger partial charge in [-0.05, 0) is 18.1 Å². The van der Waals surface area contributed by atoms with Crippen LogP contribution in [0.1, 0.15) is 23.6 Å². The van der Waals surface area contributed by atoms with E-state index < -0.39 is 0 Å². The zero-order valence-electron chi connectivity index (χ0n) is 7.95. The number of hydrogen-bond donors (Lipinski definition) is 2. The van der Waals surface area contributed by atoms with Gasteiger partial charge in [-0.1, -0.05) is 6.92 Å². The molecule has 0 aromatic heterocycles. The summed E-state index contributed by atoms with van der Waals surface area (Å²) in [5.41, 5.74) is 2.33. The molecule has 1 atom stereocenters. The number of phenols is 2. The van der Waals surface area contributed by atoms with Gasteiger partial charge in [-0.25, -0.2) is 0 Å². The molecule has 0 saturated carbocycles.